The average molecular weight is 312 g/mol. The molecule has 0 saturated heterocycles. The largest absolute Gasteiger partial charge is 0.481 e. The Bertz CT molecular complexity index is 643. The van der Waals surface area contributed by atoms with Gasteiger partial charge in [-0.1, -0.05) is 36.4 Å². The Labute approximate surface area is 126 Å². The van der Waals surface area contributed by atoms with Gasteiger partial charge in [0, 0.05) is 6.42 Å². The molecule has 2 aromatic rings. The molecule has 0 amide bonds. The van der Waals surface area contributed by atoms with Crippen molar-refractivity contribution < 1.29 is 9.90 Å². The van der Waals surface area contributed by atoms with E-state index in [2.05, 4.69) is 10.2 Å². The van der Waals surface area contributed by atoms with E-state index in [1.807, 2.05) is 36.6 Å². The second kappa shape index (κ2) is 6.28. The Hall–Kier alpha value is -1.53. The maximum absolute atomic E-state index is 10.7. The van der Waals surface area contributed by atoms with Crippen LogP contribution in [0.15, 0.2) is 23.4 Å². The second-order valence-corrected chi connectivity index (χ2v) is 5.57. The van der Waals surface area contributed by atoms with E-state index >= 15 is 0 Å². The molecule has 0 aliphatic rings. The van der Waals surface area contributed by atoms with Gasteiger partial charge in [0.15, 0.2) is 5.16 Å². The molecule has 0 radical (unpaired) electrons. The van der Waals surface area contributed by atoms with Crippen molar-refractivity contribution in [1.29, 1.82) is 0 Å². The normalized spacial score (nSPS) is 10.8. The van der Waals surface area contributed by atoms with Crippen LogP contribution in [-0.4, -0.2) is 31.6 Å². The van der Waals surface area contributed by atoms with Crippen molar-refractivity contribution in [2.45, 2.75) is 25.4 Å². The fourth-order valence-electron chi connectivity index (χ4n) is 1.79. The standard InChI is InChI=1S/C13H14ClN3O2S/c1-3-11-15-16-13(20-7-12(18)19)17(11)10-6-8(2)4-5-9(10)14/h4-6H,3,7H2,1-2H3,(H,18,19). The quantitative estimate of drug-likeness (QED) is 0.860. The minimum atomic E-state index is -0.891. The van der Waals surface area contributed by atoms with Gasteiger partial charge in [-0.2, -0.15) is 0 Å². The summed E-state index contributed by atoms with van der Waals surface area (Å²) in [5.41, 5.74) is 1.84. The van der Waals surface area contributed by atoms with E-state index in [1.165, 1.54) is 0 Å². The molecule has 0 unspecified atom stereocenters. The van der Waals surface area contributed by atoms with Crippen molar-refractivity contribution in [3.8, 4) is 5.69 Å². The smallest absolute Gasteiger partial charge is 0.313 e. The summed E-state index contributed by atoms with van der Waals surface area (Å²) in [5, 5.41) is 18.1. The molecule has 7 heteroatoms. The monoisotopic (exact) mass is 311 g/mol. The molecule has 5 nitrogen and oxygen atoms in total. The summed E-state index contributed by atoms with van der Waals surface area (Å²) in [6, 6.07) is 5.68. The fourth-order valence-corrected chi connectivity index (χ4v) is 2.67. The van der Waals surface area contributed by atoms with Gasteiger partial charge < -0.3 is 5.11 Å². The molecular weight excluding hydrogens is 298 g/mol. The van der Waals surface area contributed by atoms with Crippen LogP contribution in [0.25, 0.3) is 5.69 Å². The summed E-state index contributed by atoms with van der Waals surface area (Å²) < 4.78 is 1.82. The molecule has 106 valence electrons. The number of halogens is 1. The van der Waals surface area contributed by atoms with Crippen LogP contribution in [0.2, 0.25) is 5.02 Å². The molecule has 0 aliphatic carbocycles. The number of thioether (sulfide) groups is 1. The average Bonchev–Trinajstić information content (AvgIpc) is 2.82. The number of rotatable bonds is 5. The van der Waals surface area contributed by atoms with Crippen molar-refractivity contribution in [3.05, 3.63) is 34.6 Å². The lowest BCUT2D eigenvalue weighted by Crippen LogP contribution is -2.05. The summed E-state index contributed by atoms with van der Waals surface area (Å²) in [6.07, 6.45) is 0.685. The number of aryl methyl sites for hydroxylation is 2. The lowest BCUT2D eigenvalue weighted by atomic mass is 10.2. The lowest BCUT2D eigenvalue weighted by Gasteiger charge is -2.11. The first-order valence-electron chi connectivity index (χ1n) is 6.08. The number of carboxylic acids is 1. The summed E-state index contributed by atoms with van der Waals surface area (Å²) in [4.78, 5) is 10.7. The summed E-state index contributed by atoms with van der Waals surface area (Å²) in [7, 11) is 0. The summed E-state index contributed by atoms with van der Waals surface area (Å²) in [5.74, 6) is -0.200. The Morgan fingerprint density at radius 2 is 2.20 bits per heavy atom. The third-order valence-corrected chi connectivity index (χ3v) is 3.92. The third kappa shape index (κ3) is 3.13. The van der Waals surface area contributed by atoms with Crippen molar-refractivity contribution in [2.75, 3.05) is 5.75 Å². The van der Waals surface area contributed by atoms with Gasteiger partial charge in [0.25, 0.3) is 0 Å². The minimum absolute atomic E-state index is 0.0642. The van der Waals surface area contributed by atoms with Crippen molar-refractivity contribution in [1.82, 2.24) is 14.8 Å². The zero-order valence-corrected chi connectivity index (χ0v) is 12.7. The summed E-state index contributed by atoms with van der Waals surface area (Å²) in [6.45, 7) is 3.94. The van der Waals surface area contributed by atoms with Crippen LogP contribution in [0, 0.1) is 6.92 Å². The van der Waals surface area contributed by atoms with Gasteiger partial charge in [-0.3, -0.25) is 9.36 Å². The van der Waals surface area contributed by atoms with Crippen LogP contribution >= 0.6 is 23.4 Å². The highest BCUT2D eigenvalue weighted by Gasteiger charge is 2.16. The van der Waals surface area contributed by atoms with Crippen LogP contribution in [0.3, 0.4) is 0 Å². The van der Waals surface area contributed by atoms with E-state index in [-0.39, 0.29) is 5.75 Å². The second-order valence-electron chi connectivity index (χ2n) is 4.23. The van der Waals surface area contributed by atoms with Gasteiger partial charge in [-0.05, 0) is 24.6 Å². The van der Waals surface area contributed by atoms with Crippen molar-refractivity contribution in [2.24, 2.45) is 0 Å². The number of carboxylic acid groups (broad SMARTS) is 1. The molecule has 1 N–H and O–H groups in total. The van der Waals surface area contributed by atoms with Gasteiger partial charge >= 0.3 is 5.97 Å². The van der Waals surface area contributed by atoms with Crippen molar-refractivity contribution >= 4 is 29.3 Å². The van der Waals surface area contributed by atoms with Crippen LogP contribution in [0.1, 0.15) is 18.3 Å². The molecule has 0 saturated carbocycles. The number of benzene rings is 1. The molecule has 0 spiro atoms. The fraction of sp³-hybridized carbons (Fsp3) is 0.308. The predicted octanol–water partition coefficient (Wildman–Crippen LogP) is 2.97. The third-order valence-electron chi connectivity index (χ3n) is 2.68. The molecule has 0 aliphatic heterocycles. The molecule has 2 rings (SSSR count). The van der Waals surface area contributed by atoms with Gasteiger partial charge in [-0.15, -0.1) is 10.2 Å². The molecule has 20 heavy (non-hydrogen) atoms. The first-order valence-corrected chi connectivity index (χ1v) is 7.44. The zero-order chi connectivity index (χ0) is 14.7. The van der Waals surface area contributed by atoms with E-state index in [0.717, 1.165) is 28.8 Å². The topological polar surface area (TPSA) is 68.0 Å². The highest BCUT2D eigenvalue weighted by molar-refractivity contribution is 7.99. The van der Waals surface area contributed by atoms with Crippen LogP contribution in [0.5, 0.6) is 0 Å². The van der Waals surface area contributed by atoms with E-state index in [9.17, 15) is 4.79 Å². The van der Waals surface area contributed by atoms with Crippen LogP contribution in [0.4, 0.5) is 0 Å². The van der Waals surface area contributed by atoms with E-state index < -0.39 is 5.97 Å². The van der Waals surface area contributed by atoms with Gasteiger partial charge in [0.1, 0.15) is 5.82 Å². The molecule has 0 bridgehead atoms. The Kier molecular flexibility index (Phi) is 4.67. The maximum Gasteiger partial charge on any atom is 0.313 e. The van der Waals surface area contributed by atoms with Crippen LogP contribution < -0.4 is 0 Å². The van der Waals surface area contributed by atoms with Crippen LogP contribution in [-0.2, 0) is 11.2 Å². The summed E-state index contributed by atoms with van der Waals surface area (Å²) >= 11 is 7.38. The highest BCUT2D eigenvalue weighted by Crippen LogP contribution is 2.28. The first kappa shape index (κ1) is 14.9. The Morgan fingerprint density at radius 3 is 2.85 bits per heavy atom. The maximum atomic E-state index is 10.7. The molecule has 1 heterocycles. The zero-order valence-electron chi connectivity index (χ0n) is 11.1. The van der Waals surface area contributed by atoms with Crippen molar-refractivity contribution in [3.63, 3.8) is 0 Å². The first-order chi connectivity index (χ1) is 9.52. The number of hydrogen-bond donors (Lipinski definition) is 1. The lowest BCUT2D eigenvalue weighted by molar-refractivity contribution is -0.133. The number of carbonyl (C=O) groups is 1. The number of hydrogen-bond acceptors (Lipinski definition) is 4. The molecule has 1 aromatic heterocycles. The van der Waals surface area contributed by atoms with E-state index in [4.69, 9.17) is 16.7 Å². The highest BCUT2D eigenvalue weighted by atomic mass is 35.5. The molecule has 1 aromatic carbocycles. The van der Waals surface area contributed by atoms with Gasteiger partial charge in [-0.25, -0.2) is 0 Å². The van der Waals surface area contributed by atoms with Gasteiger partial charge in [0.05, 0.1) is 16.5 Å². The predicted molar refractivity (Wildman–Crippen MR) is 78.8 cm³/mol. The number of aromatic nitrogens is 3. The molecule has 0 fully saturated rings. The minimum Gasteiger partial charge on any atom is -0.481 e. The molecular formula is C13H14ClN3O2S. The number of nitrogens with zero attached hydrogens (tertiary/aromatic N) is 3. The van der Waals surface area contributed by atoms with E-state index in [0.29, 0.717) is 16.6 Å². The van der Waals surface area contributed by atoms with Gasteiger partial charge in [0.2, 0.25) is 0 Å². The molecule has 0 atom stereocenters. The SMILES string of the molecule is CCc1nnc(SCC(=O)O)n1-c1cc(C)ccc1Cl. The number of aliphatic carboxylic acids is 1. The van der Waals surface area contributed by atoms with E-state index in [1.54, 1.807) is 0 Å². The Morgan fingerprint density at radius 1 is 1.45 bits per heavy atom. The Balaban J connectivity index is 2.50.